The first-order chi connectivity index (χ1) is 12.5. The molecule has 0 aliphatic heterocycles. The summed E-state index contributed by atoms with van der Waals surface area (Å²) in [6, 6.07) is 11.0. The van der Waals surface area contributed by atoms with Crippen LogP contribution in [0.3, 0.4) is 0 Å². The van der Waals surface area contributed by atoms with E-state index in [9.17, 15) is 22.0 Å². The SMILES string of the molecule is CC.Cc1c(-c2ccc(C#N)cc2)ccc(CC(F)(F)CC(C)(F)F)c1F. The highest BCUT2D eigenvalue weighted by Gasteiger charge is 2.40. The van der Waals surface area contributed by atoms with Crippen LogP contribution in [0.2, 0.25) is 0 Å². The van der Waals surface area contributed by atoms with Crippen molar-refractivity contribution in [3.63, 3.8) is 0 Å². The van der Waals surface area contributed by atoms with E-state index in [0.29, 0.717) is 23.6 Å². The first-order valence-corrected chi connectivity index (χ1v) is 8.56. The minimum absolute atomic E-state index is 0.154. The average Bonchev–Trinajstić information content (AvgIpc) is 2.59. The maximum atomic E-state index is 14.5. The Bertz CT molecular complexity index is 799. The van der Waals surface area contributed by atoms with E-state index in [4.69, 9.17) is 5.26 Å². The zero-order chi connectivity index (χ0) is 20.8. The quantitative estimate of drug-likeness (QED) is 0.514. The molecular weight excluding hydrogens is 361 g/mol. The van der Waals surface area contributed by atoms with Crippen LogP contribution in [0.4, 0.5) is 22.0 Å². The summed E-state index contributed by atoms with van der Waals surface area (Å²) in [5.41, 5.74) is 1.42. The Balaban J connectivity index is 0.00000176. The molecular formula is C21H22F5N. The summed E-state index contributed by atoms with van der Waals surface area (Å²) in [5, 5.41) is 8.79. The van der Waals surface area contributed by atoms with E-state index in [-0.39, 0.29) is 11.1 Å². The van der Waals surface area contributed by atoms with E-state index < -0.39 is 30.5 Å². The van der Waals surface area contributed by atoms with Crippen LogP contribution in [0.5, 0.6) is 0 Å². The molecule has 1 nitrogen and oxygen atoms in total. The van der Waals surface area contributed by atoms with Crippen molar-refractivity contribution in [1.29, 1.82) is 5.26 Å². The zero-order valence-corrected chi connectivity index (χ0v) is 15.7. The van der Waals surface area contributed by atoms with Crippen LogP contribution in [-0.2, 0) is 6.42 Å². The van der Waals surface area contributed by atoms with Crippen molar-refractivity contribution in [2.45, 2.75) is 52.4 Å². The van der Waals surface area contributed by atoms with Crippen molar-refractivity contribution in [2.75, 3.05) is 0 Å². The second kappa shape index (κ2) is 8.98. The molecule has 0 saturated heterocycles. The Labute approximate surface area is 156 Å². The van der Waals surface area contributed by atoms with Crippen LogP contribution in [-0.4, -0.2) is 11.8 Å². The van der Waals surface area contributed by atoms with Gasteiger partial charge in [0.15, 0.2) is 0 Å². The highest BCUT2D eigenvalue weighted by atomic mass is 19.3. The molecule has 0 aromatic heterocycles. The monoisotopic (exact) mass is 383 g/mol. The largest absolute Gasteiger partial charge is 0.257 e. The van der Waals surface area contributed by atoms with Crippen LogP contribution in [0.25, 0.3) is 11.1 Å². The number of hydrogen-bond donors (Lipinski definition) is 0. The van der Waals surface area contributed by atoms with Crippen molar-refractivity contribution in [1.82, 2.24) is 0 Å². The van der Waals surface area contributed by atoms with Crippen LogP contribution in [0.15, 0.2) is 36.4 Å². The minimum Gasteiger partial charge on any atom is -0.207 e. The van der Waals surface area contributed by atoms with Gasteiger partial charge < -0.3 is 0 Å². The Morgan fingerprint density at radius 1 is 0.963 bits per heavy atom. The third-order valence-electron chi connectivity index (χ3n) is 3.81. The molecule has 146 valence electrons. The predicted molar refractivity (Wildman–Crippen MR) is 96.5 cm³/mol. The van der Waals surface area contributed by atoms with E-state index >= 15 is 0 Å². The maximum Gasteiger partial charge on any atom is 0.257 e. The molecule has 2 rings (SSSR count). The summed E-state index contributed by atoms with van der Waals surface area (Å²) < 4.78 is 67.7. The van der Waals surface area contributed by atoms with Gasteiger partial charge in [-0.15, -0.1) is 0 Å². The average molecular weight is 383 g/mol. The number of halogens is 5. The summed E-state index contributed by atoms with van der Waals surface area (Å²) in [6.07, 6.45) is -2.72. The van der Waals surface area contributed by atoms with Gasteiger partial charge in [0, 0.05) is 6.42 Å². The van der Waals surface area contributed by atoms with E-state index in [2.05, 4.69) is 0 Å². The van der Waals surface area contributed by atoms with Gasteiger partial charge in [-0.25, -0.2) is 22.0 Å². The molecule has 0 radical (unpaired) electrons. The first-order valence-electron chi connectivity index (χ1n) is 8.56. The Kier molecular flexibility index (Phi) is 7.53. The fourth-order valence-corrected chi connectivity index (χ4v) is 2.71. The molecule has 0 bridgehead atoms. The lowest BCUT2D eigenvalue weighted by Crippen LogP contribution is -2.29. The fourth-order valence-electron chi connectivity index (χ4n) is 2.71. The summed E-state index contributed by atoms with van der Waals surface area (Å²) in [6.45, 7) is 5.86. The van der Waals surface area contributed by atoms with Gasteiger partial charge in [-0.1, -0.05) is 38.1 Å². The predicted octanol–water partition coefficient (Wildman–Crippen LogP) is 6.92. The van der Waals surface area contributed by atoms with Gasteiger partial charge >= 0.3 is 0 Å². The molecule has 2 aromatic carbocycles. The number of rotatable bonds is 5. The van der Waals surface area contributed by atoms with Gasteiger partial charge in [0.1, 0.15) is 5.82 Å². The van der Waals surface area contributed by atoms with Crippen molar-refractivity contribution in [2.24, 2.45) is 0 Å². The van der Waals surface area contributed by atoms with Crippen LogP contribution >= 0.6 is 0 Å². The molecule has 0 aliphatic carbocycles. The second-order valence-corrected chi connectivity index (χ2v) is 6.18. The Morgan fingerprint density at radius 2 is 1.52 bits per heavy atom. The van der Waals surface area contributed by atoms with Crippen molar-refractivity contribution in [3.05, 3.63) is 58.9 Å². The fraction of sp³-hybridized carbons (Fsp3) is 0.381. The molecule has 0 atom stereocenters. The third-order valence-corrected chi connectivity index (χ3v) is 3.81. The molecule has 2 aromatic rings. The number of nitrogens with zero attached hydrogens (tertiary/aromatic N) is 1. The summed E-state index contributed by atoms with van der Waals surface area (Å²) in [7, 11) is 0. The standard InChI is InChI=1S/C19H16F5N.C2H6/c1-12-16(14-5-3-13(10-25)4-6-14)8-7-15(17(12)20)9-19(23,24)11-18(2,21)22;1-2/h3-8H,9,11H2,1-2H3;1-2H3. The summed E-state index contributed by atoms with van der Waals surface area (Å²) in [5.74, 6) is -8.07. The number of alkyl halides is 4. The molecule has 0 heterocycles. The first kappa shape index (κ1) is 22.6. The highest BCUT2D eigenvalue weighted by Crippen LogP contribution is 2.35. The van der Waals surface area contributed by atoms with E-state index in [1.807, 2.05) is 19.9 Å². The molecule has 6 heteroatoms. The molecule has 27 heavy (non-hydrogen) atoms. The second-order valence-electron chi connectivity index (χ2n) is 6.18. The molecule has 0 saturated carbocycles. The third kappa shape index (κ3) is 6.35. The van der Waals surface area contributed by atoms with Crippen LogP contribution in [0, 0.1) is 24.1 Å². The molecule has 0 spiro atoms. The molecule has 0 unspecified atom stereocenters. The van der Waals surface area contributed by atoms with Crippen molar-refractivity contribution < 1.29 is 22.0 Å². The lowest BCUT2D eigenvalue weighted by atomic mass is 9.94. The molecule has 0 fully saturated rings. The zero-order valence-electron chi connectivity index (χ0n) is 15.7. The topological polar surface area (TPSA) is 23.8 Å². The van der Waals surface area contributed by atoms with Crippen LogP contribution in [0.1, 0.15) is 43.9 Å². The van der Waals surface area contributed by atoms with Gasteiger partial charge in [0.25, 0.3) is 11.8 Å². The minimum atomic E-state index is -3.71. The van der Waals surface area contributed by atoms with Gasteiger partial charge in [-0.2, -0.15) is 5.26 Å². The smallest absolute Gasteiger partial charge is 0.207 e. The van der Waals surface area contributed by atoms with Crippen molar-refractivity contribution >= 4 is 0 Å². The van der Waals surface area contributed by atoms with Crippen LogP contribution < -0.4 is 0 Å². The van der Waals surface area contributed by atoms with E-state index in [0.717, 1.165) is 0 Å². The van der Waals surface area contributed by atoms with Gasteiger partial charge in [-0.05, 0) is 48.2 Å². The molecule has 0 N–H and O–H groups in total. The number of benzene rings is 2. The number of nitriles is 1. The van der Waals surface area contributed by atoms with Crippen molar-refractivity contribution in [3.8, 4) is 17.2 Å². The maximum absolute atomic E-state index is 14.5. The van der Waals surface area contributed by atoms with Gasteiger partial charge in [0.05, 0.1) is 18.1 Å². The lowest BCUT2D eigenvalue weighted by molar-refractivity contribution is -0.1000. The van der Waals surface area contributed by atoms with E-state index in [1.165, 1.54) is 19.1 Å². The summed E-state index contributed by atoms with van der Waals surface area (Å²) in [4.78, 5) is 0. The molecule has 0 aliphatic rings. The lowest BCUT2D eigenvalue weighted by Gasteiger charge is -2.21. The molecule has 0 amide bonds. The summed E-state index contributed by atoms with van der Waals surface area (Å²) >= 11 is 0. The van der Waals surface area contributed by atoms with E-state index in [1.54, 1.807) is 24.3 Å². The highest BCUT2D eigenvalue weighted by molar-refractivity contribution is 5.68. The Hall–Kier alpha value is -2.42. The Morgan fingerprint density at radius 3 is 2.00 bits per heavy atom. The van der Waals surface area contributed by atoms with Gasteiger partial charge in [-0.3, -0.25) is 0 Å². The normalized spacial score (nSPS) is 11.4. The van der Waals surface area contributed by atoms with Gasteiger partial charge in [0.2, 0.25) is 0 Å². The number of hydrogen-bond acceptors (Lipinski definition) is 1.